The van der Waals surface area contributed by atoms with Gasteiger partial charge in [-0.3, -0.25) is 9.36 Å². The quantitative estimate of drug-likeness (QED) is 0.560. The number of aromatic hydroxyl groups is 1. The van der Waals surface area contributed by atoms with Crippen LogP contribution in [-0.2, 0) is 6.54 Å². The first-order valence-electron chi connectivity index (χ1n) is 8.82. The Morgan fingerprint density at radius 3 is 2.68 bits per heavy atom. The molecule has 0 fully saturated rings. The summed E-state index contributed by atoms with van der Waals surface area (Å²) in [5.74, 6) is 0.276. The molecule has 4 rings (SSSR count). The third-order valence-corrected chi connectivity index (χ3v) is 4.56. The number of hydrogen-bond acceptors (Lipinski definition) is 4. The Kier molecular flexibility index (Phi) is 4.68. The number of phenolic OH excluding ortho intramolecular Hbond substituents is 1. The number of amides is 1. The van der Waals surface area contributed by atoms with E-state index in [0.717, 1.165) is 22.3 Å². The molecule has 4 aromatic rings. The number of aromatic nitrogens is 2. The fourth-order valence-corrected chi connectivity index (χ4v) is 3.05. The van der Waals surface area contributed by atoms with Crippen LogP contribution in [-0.4, -0.2) is 27.7 Å². The van der Waals surface area contributed by atoms with Crippen molar-refractivity contribution in [2.45, 2.75) is 6.54 Å². The zero-order valence-electron chi connectivity index (χ0n) is 15.3. The van der Waals surface area contributed by atoms with Crippen LogP contribution in [0.1, 0.15) is 15.9 Å². The van der Waals surface area contributed by atoms with Crippen molar-refractivity contribution in [2.24, 2.45) is 0 Å². The first kappa shape index (κ1) is 17.6. The van der Waals surface area contributed by atoms with E-state index < -0.39 is 0 Å². The monoisotopic (exact) mass is 373 g/mol. The highest BCUT2D eigenvalue weighted by atomic mass is 16.5. The summed E-state index contributed by atoms with van der Waals surface area (Å²) < 4.78 is 7.07. The molecule has 1 aromatic heterocycles. The summed E-state index contributed by atoms with van der Waals surface area (Å²) in [7, 11) is 1.49. The number of para-hydroxylation sites is 2. The van der Waals surface area contributed by atoms with Gasteiger partial charge >= 0.3 is 0 Å². The zero-order valence-corrected chi connectivity index (χ0v) is 15.3. The van der Waals surface area contributed by atoms with E-state index in [0.29, 0.717) is 17.9 Å². The molecule has 6 nitrogen and oxygen atoms in total. The molecule has 1 amide bonds. The predicted octanol–water partition coefficient (Wildman–Crippen LogP) is 3.67. The van der Waals surface area contributed by atoms with Gasteiger partial charge in [0.2, 0.25) is 0 Å². The molecule has 28 heavy (non-hydrogen) atoms. The van der Waals surface area contributed by atoms with Crippen LogP contribution in [0.15, 0.2) is 73.1 Å². The molecule has 140 valence electrons. The summed E-state index contributed by atoms with van der Waals surface area (Å²) >= 11 is 0. The van der Waals surface area contributed by atoms with Gasteiger partial charge in [0.15, 0.2) is 11.5 Å². The van der Waals surface area contributed by atoms with Crippen molar-refractivity contribution < 1.29 is 14.6 Å². The summed E-state index contributed by atoms with van der Waals surface area (Å²) in [6, 6.07) is 20.3. The molecule has 0 unspecified atom stereocenters. The van der Waals surface area contributed by atoms with E-state index in [2.05, 4.69) is 10.3 Å². The molecule has 6 heteroatoms. The molecule has 0 spiro atoms. The van der Waals surface area contributed by atoms with Crippen molar-refractivity contribution in [3.8, 4) is 17.2 Å². The van der Waals surface area contributed by atoms with Gasteiger partial charge in [-0.05, 0) is 54.1 Å². The lowest BCUT2D eigenvalue weighted by Crippen LogP contribution is -2.22. The van der Waals surface area contributed by atoms with E-state index in [1.807, 2.05) is 41.0 Å². The molecule has 1 heterocycles. The highest BCUT2D eigenvalue weighted by Gasteiger charge is 2.09. The molecular formula is C22H19N3O3. The average molecular weight is 373 g/mol. The molecule has 0 aliphatic carbocycles. The highest BCUT2D eigenvalue weighted by molar-refractivity contribution is 5.94. The van der Waals surface area contributed by atoms with Gasteiger partial charge in [0.1, 0.15) is 6.33 Å². The Morgan fingerprint density at radius 2 is 1.89 bits per heavy atom. The number of nitrogens with one attached hydrogen (secondary N) is 1. The van der Waals surface area contributed by atoms with Crippen LogP contribution in [0.4, 0.5) is 0 Å². The number of ether oxygens (including phenoxy) is 1. The normalized spacial score (nSPS) is 10.8. The van der Waals surface area contributed by atoms with Gasteiger partial charge in [0, 0.05) is 17.8 Å². The molecule has 0 saturated carbocycles. The van der Waals surface area contributed by atoms with Crippen LogP contribution < -0.4 is 10.1 Å². The molecule has 3 aromatic carbocycles. The Hall–Kier alpha value is -3.80. The summed E-state index contributed by atoms with van der Waals surface area (Å²) in [6.07, 6.45) is 1.78. The third kappa shape index (κ3) is 3.40. The Balaban J connectivity index is 1.47. The second-order valence-corrected chi connectivity index (χ2v) is 6.34. The van der Waals surface area contributed by atoms with E-state index >= 15 is 0 Å². The van der Waals surface area contributed by atoms with Gasteiger partial charge in [-0.25, -0.2) is 4.98 Å². The molecule has 0 aliphatic heterocycles. The zero-order chi connectivity index (χ0) is 19.5. The third-order valence-electron chi connectivity index (χ3n) is 4.56. The molecule has 0 atom stereocenters. The second kappa shape index (κ2) is 7.44. The second-order valence-electron chi connectivity index (χ2n) is 6.34. The van der Waals surface area contributed by atoms with Crippen LogP contribution in [0.5, 0.6) is 11.5 Å². The minimum Gasteiger partial charge on any atom is -0.504 e. The van der Waals surface area contributed by atoms with Crippen LogP contribution in [0.25, 0.3) is 16.7 Å². The summed E-state index contributed by atoms with van der Waals surface area (Å²) in [6.45, 7) is 0.337. The van der Waals surface area contributed by atoms with E-state index in [4.69, 9.17) is 4.74 Å². The van der Waals surface area contributed by atoms with E-state index in [-0.39, 0.29) is 11.7 Å². The first-order chi connectivity index (χ1) is 13.7. The molecule has 0 aliphatic rings. The minimum atomic E-state index is -0.172. The molecule has 0 radical (unpaired) electrons. The van der Waals surface area contributed by atoms with Crippen molar-refractivity contribution in [1.82, 2.24) is 14.9 Å². The lowest BCUT2D eigenvalue weighted by atomic mass is 10.1. The van der Waals surface area contributed by atoms with Crippen LogP contribution in [0.3, 0.4) is 0 Å². The smallest absolute Gasteiger partial charge is 0.251 e. The van der Waals surface area contributed by atoms with Crippen molar-refractivity contribution in [3.63, 3.8) is 0 Å². The van der Waals surface area contributed by atoms with Crippen molar-refractivity contribution >= 4 is 16.9 Å². The fourth-order valence-electron chi connectivity index (χ4n) is 3.05. The van der Waals surface area contributed by atoms with Crippen LogP contribution in [0.2, 0.25) is 0 Å². The minimum absolute atomic E-state index is 0.0696. The Labute approximate surface area is 162 Å². The predicted molar refractivity (Wildman–Crippen MR) is 107 cm³/mol. The van der Waals surface area contributed by atoms with Gasteiger partial charge in [-0.1, -0.05) is 18.2 Å². The van der Waals surface area contributed by atoms with E-state index in [1.165, 1.54) is 7.11 Å². The van der Waals surface area contributed by atoms with E-state index in [9.17, 15) is 9.90 Å². The number of fused-ring (bicyclic) bond motifs is 1. The number of phenols is 1. The number of rotatable bonds is 5. The number of benzene rings is 3. The molecular weight excluding hydrogens is 354 g/mol. The van der Waals surface area contributed by atoms with Gasteiger partial charge in [0.25, 0.3) is 5.91 Å². The largest absolute Gasteiger partial charge is 0.504 e. The average Bonchev–Trinajstić information content (AvgIpc) is 3.17. The standard InChI is InChI=1S/C22H19N3O3/c1-28-21-12-15(6-11-20(21)26)13-23-22(27)16-7-9-17(10-8-16)25-14-24-18-4-2-3-5-19(18)25/h2-12,14,26H,13H2,1H3,(H,23,27). The molecule has 0 saturated heterocycles. The first-order valence-corrected chi connectivity index (χ1v) is 8.82. The highest BCUT2D eigenvalue weighted by Crippen LogP contribution is 2.26. The lowest BCUT2D eigenvalue weighted by molar-refractivity contribution is 0.0951. The summed E-state index contributed by atoms with van der Waals surface area (Å²) in [4.78, 5) is 16.8. The fraction of sp³-hybridized carbons (Fsp3) is 0.0909. The van der Waals surface area contributed by atoms with Crippen molar-refractivity contribution in [2.75, 3.05) is 7.11 Å². The maximum atomic E-state index is 12.4. The summed E-state index contributed by atoms with van der Waals surface area (Å²) in [5, 5.41) is 12.5. The molecule has 0 bridgehead atoms. The number of carbonyl (C=O) groups is 1. The van der Waals surface area contributed by atoms with Crippen molar-refractivity contribution in [3.05, 3.63) is 84.2 Å². The number of hydrogen-bond donors (Lipinski definition) is 2. The number of imidazole rings is 1. The number of carbonyl (C=O) groups excluding carboxylic acids is 1. The maximum Gasteiger partial charge on any atom is 0.251 e. The SMILES string of the molecule is COc1cc(CNC(=O)c2ccc(-n3cnc4ccccc43)cc2)ccc1O. The molecule has 2 N–H and O–H groups in total. The number of methoxy groups -OCH3 is 1. The van der Waals surface area contributed by atoms with Gasteiger partial charge in [0.05, 0.1) is 18.1 Å². The van der Waals surface area contributed by atoms with Gasteiger partial charge in [-0.2, -0.15) is 0 Å². The van der Waals surface area contributed by atoms with Crippen molar-refractivity contribution in [1.29, 1.82) is 0 Å². The topological polar surface area (TPSA) is 76.4 Å². The maximum absolute atomic E-state index is 12.4. The van der Waals surface area contributed by atoms with E-state index in [1.54, 1.807) is 36.7 Å². The van der Waals surface area contributed by atoms with Gasteiger partial charge < -0.3 is 15.2 Å². The Bertz CT molecular complexity index is 1130. The lowest BCUT2D eigenvalue weighted by Gasteiger charge is -2.09. The van der Waals surface area contributed by atoms with Crippen LogP contribution in [0, 0.1) is 0 Å². The summed E-state index contributed by atoms with van der Waals surface area (Å²) in [5.41, 5.74) is 4.28. The van der Waals surface area contributed by atoms with Crippen LogP contribution >= 0.6 is 0 Å². The number of nitrogens with zero attached hydrogens (tertiary/aromatic N) is 2. The Morgan fingerprint density at radius 1 is 1.11 bits per heavy atom. The van der Waals surface area contributed by atoms with Gasteiger partial charge in [-0.15, -0.1) is 0 Å².